The van der Waals surface area contributed by atoms with Crippen LogP contribution in [-0.2, 0) is 4.74 Å². The van der Waals surface area contributed by atoms with Gasteiger partial charge in [0.25, 0.3) is 5.91 Å². The van der Waals surface area contributed by atoms with E-state index < -0.39 is 0 Å². The number of nitrogens with zero attached hydrogens (tertiary/aromatic N) is 2. The summed E-state index contributed by atoms with van der Waals surface area (Å²) in [6.45, 7) is 2.29. The summed E-state index contributed by atoms with van der Waals surface area (Å²) >= 11 is 10.7. The molecule has 1 fully saturated rings. The van der Waals surface area contributed by atoms with Gasteiger partial charge in [0.15, 0.2) is 0 Å². The Balaban J connectivity index is 2.02. The molecule has 0 radical (unpaired) electrons. The molecule has 0 N–H and O–H groups in total. The monoisotopic (exact) mass is 308 g/mol. The Morgan fingerprint density at radius 3 is 2.85 bits per heavy atom. The maximum Gasteiger partial charge on any atom is 0.257 e. The number of aromatic nitrogens is 1. The highest BCUT2D eigenvalue weighted by atomic mass is 35.5. The molecule has 2 aromatic rings. The third kappa shape index (κ3) is 2.49. The molecule has 0 atom stereocenters. The molecule has 20 heavy (non-hydrogen) atoms. The summed E-state index contributed by atoms with van der Waals surface area (Å²) in [5.41, 5.74) is 1.19. The largest absolute Gasteiger partial charge is 0.378 e. The van der Waals surface area contributed by atoms with Crippen LogP contribution in [0.3, 0.4) is 0 Å². The zero-order chi connectivity index (χ0) is 14.1. The second-order valence-electron chi connectivity index (χ2n) is 4.59. The van der Waals surface area contributed by atoms with Gasteiger partial charge in [-0.05, 0) is 18.2 Å². The van der Waals surface area contributed by atoms with Crippen molar-refractivity contribution in [3.05, 3.63) is 35.0 Å². The van der Waals surface area contributed by atoms with Gasteiger partial charge in [0.05, 0.1) is 29.3 Å². The SMILES string of the molecule is O=C(c1cnc2ccc(S)cc2c1Cl)N1CCOCC1. The number of thiol groups is 1. The predicted molar refractivity (Wildman–Crippen MR) is 80.7 cm³/mol. The van der Waals surface area contributed by atoms with E-state index in [9.17, 15) is 4.79 Å². The first-order chi connectivity index (χ1) is 9.66. The molecule has 104 valence electrons. The first-order valence-corrected chi connectivity index (χ1v) is 7.13. The minimum Gasteiger partial charge on any atom is -0.378 e. The number of fused-ring (bicyclic) bond motifs is 1. The van der Waals surface area contributed by atoms with Crippen LogP contribution in [0, 0.1) is 0 Å². The van der Waals surface area contributed by atoms with Crippen LogP contribution in [0.25, 0.3) is 10.9 Å². The summed E-state index contributed by atoms with van der Waals surface area (Å²) in [6.07, 6.45) is 1.54. The minimum absolute atomic E-state index is 0.0998. The fourth-order valence-corrected chi connectivity index (χ4v) is 2.72. The van der Waals surface area contributed by atoms with Crippen LogP contribution < -0.4 is 0 Å². The highest BCUT2D eigenvalue weighted by Gasteiger charge is 2.22. The van der Waals surface area contributed by atoms with Crippen LogP contribution in [0.15, 0.2) is 29.3 Å². The third-order valence-electron chi connectivity index (χ3n) is 3.31. The predicted octanol–water partition coefficient (Wildman–Crippen LogP) is 2.65. The van der Waals surface area contributed by atoms with Crippen LogP contribution in [-0.4, -0.2) is 42.1 Å². The molecule has 0 saturated carbocycles. The van der Waals surface area contributed by atoms with E-state index in [0.717, 1.165) is 15.8 Å². The molecule has 1 saturated heterocycles. The number of amides is 1. The van der Waals surface area contributed by atoms with Gasteiger partial charge < -0.3 is 9.64 Å². The van der Waals surface area contributed by atoms with E-state index in [1.165, 1.54) is 0 Å². The van der Waals surface area contributed by atoms with Gasteiger partial charge >= 0.3 is 0 Å². The Morgan fingerprint density at radius 2 is 2.10 bits per heavy atom. The summed E-state index contributed by atoms with van der Waals surface area (Å²) < 4.78 is 5.25. The molecule has 1 amide bonds. The molecule has 4 nitrogen and oxygen atoms in total. The molecule has 2 heterocycles. The van der Waals surface area contributed by atoms with Crippen LogP contribution in [0.1, 0.15) is 10.4 Å². The molecule has 1 aliphatic heterocycles. The van der Waals surface area contributed by atoms with E-state index in [1.54, 1.807) is 11.1 Å². The lowest BCUT2D eigenvalue weighted by molar-refractivity contribution is 0.0303. The van der Waals surface area contributed by atoms with Crippen molar-refractivity contribution < 1.29 is 9.53 Å². The van der Waals surface area contributed by atoms with Gasteiger partial charge in [-0.25, -0.2) is 0 Å². The zero-order valence-electron chi connectivity index (χ0n) is 10.7. The van der Waals surface area contributed by atoms with Crippen LogP contribution in [0.2, 0.25) is 5.02 Å². The Kier molecular flexibility index (Phi) is 3.83. The van der Waals surface area contributed by atoms with Gasteiger partial charge in [-0.3, -0.25) is 9.78 Å². The van der Waals surface area contributed by atoms with E-state index in [-0.39, 0.29) is 5.91 Å². The molecule has 0 unspecified atom stereocenters. The van der Waals surface area contributed by atoms with Crippen LogP contribution in [0.5, 0.6) is 0 Å². The molecular weight excluding hydrogens is 296 g/mol. The highest BCUT2D eigenvalue weighted by molar-refractivity contribution is 7.80. The average Bonchev–Trinajstić information content (AvgIpc) is 2.48. The molecular formula is C14H13ClN2O2S. The fourth-order valence-electron chi connectivity index (χ4n) is 2.23. The molecule has 6 heteroatoms. The first-order valence-electron chi connectivity index (χ1n) is 6.31. The van der Waals surface area contributed by atoms with E-state index in [1.807, 2.05) is 18.2 Å². The number of hydrogen-bond donors (Lipinski definition) is 1. The molecule has 1 aromatic heterocycles. The summed E-state index contributed by atoms with van der Waals surface area (Å²) in [4.78, 5) is 19.3. The molecule has 3 rings (SSSR count). The van der Waals surface area contributed by atoms with Crippen molar-refractivity contribution in [2.75, 3.05) is 26.3 Å². The number of carbonyl (C=O) groups is 1. The van der Waals surface area contributed by atoms with E-state index in [2.05, 4.69) is 17.6 Å². The Bertz CT molecular complexity index is 672. The molecule has 0 aliphatic carbocycles. The maximum absolute atomic E-state index is 12.5. The van der Waals surface area contributed by atoms with Gasteiger partial charge in [0.1, 0.15) is 0 Å². The number of hydrogen-bond acceptors (Lipinski definition) is 4. The number of rotatable bonds is 1. The van der Waals surface area contributed by atoms with E-state index >= 15 is 0 Å². The van der Waals surface area contributed by atoms with E-state index in [4.69, 9.17) is 16.3 Å². The first kappa shape index (κ1) is 13.7. The fraction of sp³-hybridized carbons (Fsp3) is 0.286. The quantitative estimate of drug-likeness (QED) is 0.824. The van der Waals surface area contributed by atoms with Crippen molar-refractivity contribution in [1.29, 1.82) is 0 Å². The lowest BCUT2D eigenvalue weighted by atomic mass is 10.1. The second-order valence-corrected chi connectivity index (χ2v) is 5.49. The molecule has 1 aliphatic rings. The standard InChI is InChI=1S/C14H13ClN2O2S/c15-13-10-7-9(20)1-2-12(10)16-8-11(13)14(18)17-3-5-19-6-4-17/h1-2,7-8,20H,3-6H2. The number of pyridine rings is 1. The van der Waals surface area contributed by atoms with Gasteiger partial charge in [0.2, 0.25) is 0 Å². The Hall–Kier alpha value is -1.30. The average molecular weight is 309 g/mol. The number of morpholine rings is 1. The lowest BCUT2D eigenvalue weighted by Crippen LogP contribution is -2.40. The molecule has 0 bridgehead atoms. The summed E-state index contributed by atoms with van der Waals surface area (Å²) in [6, 6.07) is 5.51. The molecule has 1 aromatic carbocycles. The minimum atomic E-state index is -0.0998. The lowest BCUT2D eigenvalue weighted by Gasteiger charge is -2.27. The summed E-state index contributed by atoms with van der Waals surface area (Å²) in [5.74, 6) is -0.0998. The number of benzene rings is 1. The Labute approximate surface area is 127 Å². The topological polar surface area (TPSA) is 42.4 Å². The van der Waals surface area contributed by atoms with Crippen molar-refractivity contribution >= 4 is 41.0 Å². The molecule has 0 spiro atoms. The Morgan fingerprint density at radius 1 is 1.35 bits per heavy atom. The van der Waals surface area contributed by atoms with Gasteiger partial charge in [-0.2, -0.15) is 0 Å². The summed E-state index contributed by atoms with van der Waals surface area (Å²) in [7, 11) is 0. The maximum atomic E-state index is 12.5. The number of ether oxygens (including phenoxy) is 1. The normalized spacial score (nSPS) is 15.6. The van der Waals surface area contributed by atoms with E-state index in [0.29, 0.717) is 36.9 Å². The van der Waals surface area contributed by atoms with Crippen molar-refractivity contribution in [1.82, 2.24) is 9.88 Å². The smallest absolute Gasteiger partial charge is 0.257 e. The van der Waals surface area contributed by atoms with Crippen LogP contribution in [0.4, 0.5) is 0 Å². The van der Waals surface area contributed by atoms with Crippen LogP contribution >= 0.6 is 24.2 Å². The van der Waals surface area contributed by atoms with Crippen molar-refractivity contribution in [3.63, 3.8) is 0 Å². The third-order valence-corrected chi connectivity index (χ3v) is 4.00. The van der Waals surface area contributed by atoms with Gasteiger partial charge in [0, 0.05) is 29.6 Å². The highest BCUT2D eigenvalue weighted by Crippen LogP contribution is 2.28. The van der Waals surface area contributed by atoms with Gasteiger partial charge in [-0.1, -0.05) is 11.6 Å². The number of halogens is 1. The van der Waals surface area contributed by atoms with Gasteiger partial charge in [-0.15, -0.1) is 12.6 Å². The van der Waals surface area contributed by atoms with Crippen molar-refractivity contribution in [2.24, 2.45) is 0 Å². The van der Waals surface area contributed by atoms with Crippen molar-refractivity contribution in [3.8, 4) is 0 Å². The second kappa shape index (κ2) is 5.60. The summed E-state index contributed by atoms with van der Waals surface area (Å²) in [5, 5.41) is 1.18. The van der Waals surface area contributed by atoms with Crippen molar-refractivity contribution in [2.45, 2.75) is 4.90 Å². The number of carbonyl (C=O) groups excluding carboxylic acids is 1. The zero-order valence-corrected chi connectivity index (χ0v) is 12.3.